The van der Waals surface area contributed by atoms with Crippen LogP contribution in [-0.4, -0.2) is 23.3 Å². The van der Waals surface area contributed by atoms with E-state index in [0.29, 0.717) is 6.42 Å². The predicted octanol–water partition coefficient (Wildman–Crippen LogP) is 2.23. The number of amides is 2. The molecule has 0 saturated carbocycles. The fourth-order valence-corrected chi connectivity index (χ4v) is 2.91. The molecule has 2 aromatic carbocycles. The van der Waals surface area contributed by atoms with E-state index in [2.05, 4.69) is 0 Å². The Balaban J connectivity index is 1.89. The summed E-state index contributed by atoms with van der Waals surface area (Å²) in [6, 6.07) is 13.6. The van der Waals surface area contributed by atoms with Gasteiger partial charge in [-0.15, -0.1) is 0 Å². The second-order valence-electron chi connectivity index (χ2n) is 5.62. The lowest BCUT2D eigenvalue weighted by atomic mass is 9.99. The molecule has 1 saturated heterocycles. The summed E-state index contributed by atoms with van der Waals surface area (Å²) < 4.78 is 0. The lowest BCUT2D eigenvalue weighted by molar-refractivity contribution is -0.139. The van der Waals surface area contributed by atoms with E-state index in [1.165, 1.54) is 4.90 Å². The molecule has 4 heteroatoms. The number of imide groups is 1. The molecule has 4 nitrogen and oxygen atoms in total. The summed E-state index contributed by atoms with van der Waals surface area (Å²) in [5, 5.41) is 2.18. The molecule has 2 amide bonds. The van der Waals surface area contributed by atoms with Crippen LogP contribution in [0.5, 0.6) is 0 Å². The number of nitrogens with zero attached hydrogens (tertiary/aromatic N) is 1. The van der Waals surface area contributed by atoms with Crippen LogP contribution in [0.3, 0.4) is 0 Å². The van der Waals surface area contributed by atoms with Gasteiger partial charge in [0.1, 0.15) is 0 Å². The van der Waals surface area contributed by atoms with Crippen molar-refractivity contribution in [2.45, 2.75) is 19.4 Å². The van der Waals surface area contributed by atoms with Crippen LogP contribution in [0, 0.1) is 5.92 Å². The minimum atomic E-state index is -0.366. The largest absolute Gasteiger partial charge is 0.322 e. The van der Waals surface area contributed by atoms with E-state index in [4.69, 9.17) is 5.73 Å². The van der Waals surface area contributed by atoms with Crippen LogP contribution in [-0.2, 0) is 9.59 Å². The highest BCUT2D eigenvalue weighted by atomic mass is 16.2. The molecule has 0 bridgehead atoms. The molecule has 0 spiro atoms. The van der Waals surface area contributed by atoms with Crippen LogP contribution in [0.2, 0.25) is 0 Å². The first-order chi connectivity index (χ1) is 10.1. The Hall–Kier alpha value is -2.20. The number of hydrogen-bond donors (Lipinski definition) is 1. The Morgan fingerprint density at radius 3 is 2.62 bits per heavy atom. The Labute approximate surface area is 123 Å². The molecule has 1 fully saturated rings. The first-order valence-electron chi connectivity index (χ1n) is 7.15. The van der Waals surface area contributed by atoms with Gasteiger partial charge >= 0.3 is 0 Å². The van der Waals surface area contributed by atoms with Crippen molar-refractivity contribution in [1.82, 2.24) is 4.90 Å². The van der Waals surface area contributed by atoms with Gasteiger partial charge in [-0.1, -0.05) is 49.4 Å². The SMILES string of the molecule is CC1CC(=O)N(CC(N)c2cccc3ccccc23)C1=O. The molecule has 21 heavy (non-hydrogen) atoms. The van der Waals surface area contributed by atoms with Crippen LogP contribution >= 0.6 is 0 Å². The van der Waals surface area contributed by atoms with Crippen molar-refractivity contribution in [3.8, 4) is 0 Å². The van der Waals surface area contributed by atoms with E-state index in [0.717, 1.165) is 16.3 Å². The molecular weight excluding hydrogens is 264 g/mol. The van der Waals surface area contributed by atoms with Gasteiger partial charge in [0, 0.05) is 24.9 Å². The van der Waals surface area contributed by atoms with E-state index in [1.807, 2.05) is 42.5 Å². The van der Waals surface area contributed by atoms with Gasteiger partial charge in [-0.3, -0.25) is 14.5 Å². The van der Waals surface area contributed by atoms with E-state index in [1.54, 1.807) is 6.92 Å². The molecule has 1 aliphatic rings. The molecule has 3 rings (SSSR count). The number of benzene rings is 2. The number of fused-ring (bicyclic) bond motifs is 1. The molecule has 108 valence electrons. The standard InChI is InChI=1S/C17H18N2O2/c1-11-9-16(20)19(17(11)21)10-15(18)14-8-4-6-12-5-2-3-7-13(12)14/h2-8,11,15H,9-10,18H2,1H3. The molecule has 2 N–H and O–H groups in total. The van der Waals surface area contributed by atoms with Gasteiger partial charge in [0.25, 0.3) is 0 Å². The predicted molar refractivity (Wildman–Crippen MR) is 81.4 cm³/mol. The first kappa shape index (κ1) is 13.8. The number of rotatable bonds is 3. The van der Waals surface area contributed by atoms with Gasteiger partial charge in [-0.2, -0.15) is 0 Å². The molecular formula is C17H18N2O2. The zero-order chi connectivity index (χ0) is 15.0. The summed E-state index contributed by atoms with van der Waals surface area (Å²) in [5.74, 6) is -0.462. The van der Waals surface area contributed by atoms with Crippen LogP contribution in [0.1, 0.15) is 24.9 Å². The Bertz CT molecular complexity index is 706. The number of carbonyl (C=O) groups is 2. The summed E-state index contributed by atoms with van der Waals surface area (Å²) in [6.07, 6.45) is 0.293. The average molecular weight is 282 g/mol. The van der Waals surface area contributed by atoms with Gasteiger partial charge in [0.15, 0.2) is 0 Å². The third-order valence-electron chi connectivity index (χ3n) is 4.07. The summed E-state index contributed by atoms with van der Waals surface area (Å²) in [5.41, 5.74) is 7.23. The van der Waals surface area contributed by atoms with Crippen molar-refractivity contribution in [1.29, 1.82) is 0 Å². The highest BCUT2D eigenvalue weighted by Crippen LogP contribution is 2.26. The minimum Gasteiger partial charge on any atom is -0.322 e. The smallest absolute Gasteiger partial charge is 0.232 e. The summed E-state index contributed by atoms with van der Waals surface area (Å²) >= 11 is 0. The molecule has 2 aromatic rings. The van der Waals surface area contributed by atoms with E-state index < -0.39 is 0 Å². The molecule has 1 heterocycles. The van der Waals surface area contributed by atoms with Gasteiger partial charge in [-0.25, -0.2) is 0 Å². The molecule has 0 aromatic heterocycles. The molecule has 0 radical (unpaired) electrons. The summed E-state index contributed by atoms with van der Waals surface area (Å²) in [7, 11) is 0. The minimum absolute atomic E-state index is 0.115. The molecule has 1 aliphatic heterocycles. The molecule has 2 atom stereocenters. The number of hydrogen-bond acceptors (Lipinski definition) is 3. The lowest BCUT2D eigenvalue weighted by Crippen LogP contribution is -2.36. The van der Waals surface area contributed by atoms with Crippen molar-refractivity contribution in [2.75, 3.05) is 6.54 Å². The quantitative estimate of drug-likeness (QED) is 0.878. The normalized spacial score (nSPS) is 20.3. The van der Waals surface area contributed by atoms with E-state index >= 15 is 0 Å². The van der Waals surface area contributed by atoms with Gasteiger partial charge in [0.05, 0.1) is 0 Å². The van der Waals surface area contributed by atoms with Crippen molar-refractivity contribution >= 4 is 22.6 Å². The van der Waals surface area contributed by atoms with Crippen molar-refractivity contribution in [3.05, 3.63) is 48.0 Å². The van der Waals surface area contributed by atoms with Gasteiger partial charge < -0.3 is 5.73 Å². The highest BCUT2D eigenvalue weighted by Gasteiger charge is 2.36. The third-order valence-corrected chi connectivity index (χ3v) is 4.07. The Morgan fingerprint density at radius 2 is 1.90 bits per heavy atom. The average Bonchev–Trinajstić information content (AvgIpc) is 2.73. The second-order valence-corrected chi connectivity index (χ2v) is 5.62. The lowest BCUT2D eigenvalue weighted by Gasteiger charge is -2.21. The van der Waals surface area contributed by atoms with E-state index in [-0.39, 0.29) is 30.3 Å². The van der Waals surface area contributed by atoms with Crippen LogP contribution in [0.4, 0.5) is 0 Å². The Morgan fingerprint density at radius 1 is 1.19 bits per heavy atom. The fourth-order valence-electron chi connectivity index (χ4n) is 2.91. The van der Waals surface area contributed by atoms with E-state index in [9.17, 15) is 9.59 Å². The maximum atomic E-state index is 12.0. The number of carbonyl (C=O) groups excluding carboxylic acids is 2. The Kier molecular flexibility index (Phi) is 3.47. The van der Waals surface area contributed by atoms with Crippen molar-refractivity contribution in [3.63, 3.8) is 0 Å². The van der Waals surface area contributed by atoms with Crippen LogP contribution in [0.25, 0.3) is 10.8 Å². The van der Waals surface area contributed by atoms with Crippen molar-refractivity contribution < 1.29 is 9.59 Å². The maximum Gasteiger partial charge on any atom is 0.232 e. The topological polar surface area (TPSA) is 63.4 Å². The maximum absolute atomic E-state index is 12.0. The highest BCUT2D eigenvalue weighted by molar-refractivity contribution is 6.03. The molecule has 0 aliphatic carbocycles. The monoisotopic (exact) mass is 282 g/mol. The first-order valence-corrected chi connectivity index (χ1v) is 7.15. The van der Waals surface area contributed by atoms with Gasteiger partial charge in [-0.05, 0) is 16.3 Å². The zero-order valence-corrected chi connectivity index (χ0v) is 12.0. The second kappa shape index (κ2) is 5.30. The van der Waals surface area contributed by atoms with Gasteiger partial charge in [0.2, 0.25) is 11.8 Å². The van der Waals surface area contributed by atoms with Crippen molar-refractivity contribution in [2.24, 2.45) is 11.7 Å². The fraction of sp³-hybridized carbons (Fsp3) is 0.294. The van der Waals surface area contributed by atoms with Crippen LogP contribution < -0.4 is 5.73 Å². The number of likely N-dealkylation sites (tertiary alicyclic amines) is 1. The number of nitrogens with two attached hydrogens (primary N) is 1. The summed E-state index contributed by atoms with van der Waals surface area (Å²) in [4.78, 5) is 25.2. The third kappa shape index (κ3) is 2.43. The van der Waals surface area contributed by atoms with Crippen LogP contribution in [0.15, 0.2) is 42.5 Å². The summed E-state index contributed by atoms with van der Waals surface area (Å²) in [6.45, 7) is 2.03. The molecule has 2 unspecified atom stereocenters. The zero-order valence-electron chi connectivity index (χ0n) is 12.0.